The number of carbonyl (C=O) groups is 4. The van der Waals surface area contributed by atoms with Gasteiger partial charge in [0.15, 0.2) is 6.61 Å². The van der Waals surface area contributed by atoms with Crippen molar-refractivity contribution in [1.29, 1.82) is 0 Å². The predicted molar refractivity (Wildman–Crippen MR) is 107 cm³/mol. The van der Waals surface area contributed by atoms with Gasteiger partial charge in [-0.15, -0.1) is 0 Å². The predicted octanol–water partition coefficient (Wildman–Crippen LogP) is 0.773. The molecule has 0 bridgehead atoms. The van der Waals surface area contributed by atoms with E-state index in [1.165, 1.54) is 31.2 Å². The molecule has 0 radical (unpaired) electrons. The van der Waals surface area contributed by atoms with Crippen LogP contribution in [0.2, 0.25) is 0 Å². The van der Waals surface area contributed by atoms with Crippen LogP contribution >= 0.6 is 0 Å². The Balaban J connectivity index is 1.63. The number of urea groups is 1. The van der Waals surface area contributed by atoms with Crippen LogP contribution in [0.25, 0.3) is 0 Å². The highest BCUT2D eigenvalue weighted by atomic mass is 19.1. The average molecular weight is 428 g/mol. The summed E-state index contributed by atoms with van der Waals surface area (Å²) in [4.78, 5) is 49.1. The van der Waals surface area contributed by atoms with E-state index in [-0.39, 0.29) is 19.0 Å². The number of hydrogen-bond acceptors (Lipinski definition) is 5. The third kappa shape index (κ3) is 4.97. The number of ether oxygens (including phenoxy) is 1. The number of imide groups is 1. The number of primary amides is 1. The number of halogens is 1. The van der Waals surface area contributed by atoms with Crippen LogP contribution < -0.4 is 21.1 Å². The van der Waals surface area contributed by atoms with Gasteiger partial charge in [0.25, 0.3) is 11.8 Å². The molecule has 31 heavy (non-hydrogen) atoms. The van der Waals surface area contributed by atoms with Crippen molar-refractivity contribution in [2.45, 2.75) is 19.0 Å². The molecule has 5 amide bonds. The lowest BCUT2D eigenvalue weighted by molar-refractivity contribution is -0.134. The lowest BCUT2D eigenvalue weighted by Gasteiger charge is -2.22. The van der Waals surface area contributed by atoms with E-state index >= 15 is 0 Å². The molecule has 0 aromatic heterocycles. The maximum Gasteiger partial charge on any atom is 0.325 e. The Hall–Kier alpha value is -3.95. The van der Waals surface area contributed by atoms with Gasteiger partial charge >= 0.3 is 6.03 Å². The summed E-state index contributed by atoms with van der Waals surface area (Å²) in [6.07, 6.45) is 0. The molecule has 0 saturated carbocycles. The molecule has 0 spiro atoms. The van der Waals surface area contributed by atoms with Gasteiger partial charge in [0.2, 0.25) is 5.91 Å². The number of rotatable bonds is 8. The standard InChI is InChI=1S/C21H21FN4O5/c1-21(14-4-8-16(9-5-14)31-12-17(23)27)19(29)26(20(30)25-21)11-18(28)24-10-13-2-6-15(22)7-3-13/h2-9H,10-12H2,1H3,(H2,23,27)(H,24,28)(H,25,30)/t21-/m0/s1. The van der Waals surface area contributed by atoms with Crippen molar-refractivity contribution in [1.82, 2.24) is 15.5 Å². The summed E-state index contributed by atoms with van der Waals surface area (Å²) in [6, 6.07) is 11.1. The minimum atomic E-state index is -1.36. The fourth-order valence-electron chi connectivity index (χ4n) is 3.08. The van der Waals surface area contributed by atoms with E-state index in [0.29, 0.717) is 16.9 Å². The highest BCUT2D eigenvalue weighted by Gasteiger charge is 2.49. The van der Waals surface area contributed by atoms with Crippen molar-refractivity contribution >= 4 is 23.8 Å². The number of hydrogen-bond donors (Lipinski definition) is 3. The summed E-state index contributed by atoms with van der Waals surface area (Å²) in [6.45, 7) is 0.921. The molecule has 162 valence electrons. The van der Waals surface area contributed by atoms with Gasteiger partial charge in [-0.3, -0.25) is 19.3 Å². The highest BCUT2D eigenvalue weighted by molar-refractivity contribution is 6.09. The van der Waals surface area contributed by atoms with Gasteiger partial charge < -0.3 is 21.1 Å². The molecule has 1 aliphatic rings. The number of nitrogens with two attached hydrogens (primary N) is 1. The molecule has 2 aromatic rings. The van der Waals surface area contributed by atoms with E-state index < -0.39 is 35.8 Å². The molecule has 2 aromatic carbocycles. The van der Waals surface area contributed by atoms with Gasteiger partial charge in [-0.2, -0.15) is 0 Å². The van der Waals surface area contributed by atoms with E-state index in [2.05, 4.69) is 10.6 Å². The summed E-state index contributed by atoms with van der Waals surface area (Å²) in [5.41, 5.74) is 4.82. The van der Waals surface area contributed by atoms with E-state index in [0.717, 1.165) is 4.90 Å². The van der Waals surface area contributed by atoms with E-state index in [1.54, 1.807) is 24.3 Å². The van der Waals surface area contributed by atoms with Gasteiger partial charge in [0.1, 0.15) is 23.7 Å². The van der Waals surface area contributed by atoms with Gasteiger partial charge in [0.05, 0.1) is 0 Å². The topological polar surface area (TPSA) is 131 Å². The number of amides is 5. The van der Waals surface area contributed by atoms with Crippen molar-refractivity contribution in [2.75, 3.05) is 13.2 Å². The first-order valence-electron chi connectivity index (χ1n) is 9.36. The molecule has 4 N–H and O–H groups in total. The maximum absolute atomic E-state index is 12.9. The zero-order valence-electron chi connectivity index (χ0n) is 16.7. The van der Waals surface area contributed by atoms with Crippen LogP contribution in [0.1, 0.15) is 18.1 Å². The smallest absolute Gasteiger partial charge is 0.325 e. The van der Waals surface area contributed by atoms with Crippen LogP contribution in [-0.2, 0) is 26.5 Å². The minimum absolute atomic E-state index is 0.132. The van der Waals surface area contributed by atoms with Crippen LogP contribution in [0.4, 0.5) is 9.18 Å². The van der Waals surface area contributed by atoms with Crippen LogP contribution in [0.5, 0.6) is 5.75 Å². The molecular formula is C21H21FN4O5. The second kappa shape index (κ2) is 8.82. The Kier molecular flexibility index (Phi) is 6.19. The summed E-state index contributed by atoms with van der Waals surface area (Å²) in [5.74, 6) is -1.75. The monoisotopic (exact) mass is 428 g/mol. The number of carbonyl (C=O) groups excluding carboxylic acids is 4. The Bertz CT molecular complexity index is 1010. The Morgan fingerprint density at radius 3 is 2.39 bits per heavy atom. The van der Waals surface area contributed by atoms with Crippen LogP contribution in [0, 0.1) is 5.82 Å². The van der Waals surface area contributed by atoms with Gasteiger partial charge in [-0.05, 0) is 42.3 Å². The quantitative estimate of drug-likeness (QED) is 0.535. The van der Waals surface area contributed by atoms with Gasteiger partial charge in [-0.25, -0.2) is 9.18 Å². The van der Waals surface area contributed by atoms with Crippen molar-refractivity contribution in [3.8, 4) is 5.75 Å². The zero-order valence-corrected chi connectivity index (χ0v) is 16.7. The minimum Gasteiger partial charge on any atom is -0.484 e. The molecule has 0 unspecified atom stereocenters. The SMILES string of the molecule is C[C@@]1(c2ccc(OCC(N)=O)cc2)NC(=O)N(CC(=O)NCc2ccc(F)cc2)C1=O. The lowest BCUT2D eigenvalue weighted by atomic mass is 9.92. The normalized spacial score (nSPS) is 17.9. The van der Waals surface area contributed by atoms with Crippen LogP contribution in [-0.4, -0.2) is 41.8 Å². The zero-order chi connectivity index (χ0) is 22.6. The van der Waals surface area contributed by atoms with E-state index in [9.17, 15) is 23.6 Å². The van der Waals surface area contributed by atoms with Crippen molar-refractivity contribution in [3.05, 3.63) is 65.5 Å². The summed E-state index contributed by atoms with van der Waals surface area (Å²) < 4.78 is 18.1. The molecule has 9 nitrogen and oxygen atoms in total. The van der Waals surface area contributed by atoms with Crippen LogP contribution in [0.3, 0.4) is 0 Å². The molecule has 1 atom stereocenters. The summed E-state index contributed by atoms with van der Waals surface area (Å²) in [5, 5.41) is 5.20. The number of benzene rings is 2. The molecule has 1 heterocycles. The van der Waals surface area contributed by atoms with Crippen LogP contribution in [0.15, 0.2) is 48.5 Å². The third-order valence-electron chi connectivity index (χ3n) is 4.79. The van der Waals surface area contributed by atoms with Gasteiger partial charge in [-0.1, -0.05) is 24.3 Å². The molecule has 3 rings (SSSR count). The molecule has 0 aliphatic carbocycles. The molecular weight excluding hydrogens is 407 g/mol. The Labute approximate surface area is 177 Å². The lowest BCUT2D eigenvalue weighted by Crippen LogP contribution is -2.43. The first-order valence-corrected chi connectivity index (χ1v) is 9.36. The van der Waals surface area contributed by atoms with Crippen molar-refractivity contribution in [3.63, 3.8) is 0 Å². The van der Waals surface area contributed by atoms with E-state index in [4.69, 9.17) is 10.5 Å². The molecule has 10 heteroatoms. The Morgan fingerprint density at radius 1 is 1.13 bits per heavy atom. The number of nitrogens with one attached hydrogen (secondary N) is 2. The second-order valence-electron chi connectivity index (χ2n) is 7.13. The van der Waals surface area contributed by atoms with Crippen molar-refractivity contribution < 1.29 is 28.3 Å². The third-order valence-corrected chi connectivity index (χ3v) is 4.79. The first kappa shape index (κ1) is 21.8. The summed E-state index contributed by atoms with van der Waals surface area (Å²) >= 11 is 0. The summed E-state index contributed by atoms with van der Waals surface area (Å²) in [7, 11) is 0. The molecule has 1 fully saturated rings. The highest BCUT2D eigenvalue weighted by Crippen LogP contribution is 2.30. The number of nitrogens with zero attached hydrogens (tertiary/aromatic N) is 1. The second-order valence-corrected chi connectivity index (χ2v) is 7.13. The molecule has 1 saturated heterocycles. The fraction of sp³-hybridized carbons (Fsp3) is 0.238. The molecule has 1 aliphatic heterocycles. The first-order chi connectivity index (χ1) is 14.7. The fourth-order valence-corrected chi connectivity index (χ4v) is 3.08. The van der Waals surface area contributed by atoms with Crippen molar-refractivity contribution in [2.24, 2.45) is 5.73 Å². The Morgan fingerprint density at radius 2 is 1.77 bits per heavy atom. The van der Waals surface area contributed by atoms with E-state index in [1.807, 2.05) is 0 Å². The largest absolute Gasteiger partial charge is 0.484 e. The van der Waals surface area contributed by atoms with Gasteiger partial charge in [0, 0.05) is 6.54 Å². The maximum atomic E-state index is 12.9. The average Bonchev–Trinajstić information content (AvgIpc) is 2.96.